The number of hydrazine groups is 1. The van der Waals surface area contributed by atoms with Crippen molar-refractivity contribution >= 4 is 23.2 Å². The molecule has 3 N–H and O–H groups in total. The predicted molar refractivity (Wildman–Crippen MR) is 76.4 cm³/mol. The molecule has 0 aliphatic rings. The van der Waals surface area contributed by atoms with E-state index in [9.17, 15) is 4.39 Å². The fourth-order valence-corrected chi connectivity index (χ4v) is 2.37. The van der Waals surface area contributed by atoms with E-state index in [1.165, 1.54) is 31.5 Å². The van der Waals surface area contributed by atoms with Gasteiger partial charge in [0.05, 0.1) is 28.9 Å². The van der Waals surface area contributed by atoms with E-state index < -0.39 is 11.9 Å². The van der Waals surface area contributed by atoms with Crippen molar-refractivity contribution in [2.24, 2.45) is 5.84 Å². The summed E-state index contributed by atoms with van der Waals surface area (Å²) < 4.78 is 18.7. The second-order valence-corrected chi connectivity index (χ2v) is 4.85. The first-order chi connectivity index (χ1) is 9.56. The topological polar surface area (TPSA) is 60.2 Å². The van der Waals surface area contributed by atoms with Crippen LogP contribution in [0.4, 0.5) is 4.39 Å². The van der Waals surface area contributed by atoms with Gasteiger partial charge in [0.1, 0.15) is 11.6 Å². The highest BCUT2D eigenvalue weighted by atomic mass is 35.5. The highest BCUT2D eigenvalue weighted by Crippen LogP contribution is 2.33. The molecule has 1 unspecified atom stereocenters. The van der Waals surface area contributed by atoms with Crippen molar-refractivity contribution in [3.8, 4) is 5.75 Å². The largest absolute Gasteiger partial charge is 0.496 e. The van der Waals surface area contributed by atoms with Crippen LogP contribution in [-0.4, -0.2) is 12.1 Å². The summed E-state index contributed by atoms with van der Waals surface area (Å²) in [5.41, 5.74) is 3.49. The van der Waals surface area contributed by atoms with Gasteiger partial charge in [-0.1, -0.05) is 23.2 Å². The van der Waals surface area contributed by atoms with Crippen LogP contribution < -0.4 is 16.0 Å². The van der Waals surface area contributed by atoms with Crippen LogP contribution in [0.5, 0.6) is 5.75 Å². The second kappa shape index (κ2) is 6.37. The zero-order valence-corrected chi connectivity index (χ0v) is 12.0. The number of hydrogen-bond acceptors (Lipinski definition) is 4. The molecular formula is C13H12Cl2FN3O. The van der Waals surface area contributed by atoms with E-state index in [0.29, 0.717) is 27.1 Å². The Morgan fingerprint density at radius 1 is 1.35 bits per heavy atom. The van der Waals surface area contributed by atoms with Crippen LogP contribution in [0.2, 0.25) is 10.0 Å². The normalized spacial score (nSPS) is 12.2. The first-order valence-corrected chi connectivity index (χ1v) is 6.43. The first-order valence-electron chi connectivity index (χ1n) is 5.67. The Morgan fingerprint density at radius 3 is 2.70 bits per heavy atom. The zero-order valence-electron chi connectivity index (χ0n) is 10.5. The van der Waals surface area contributed by atoms with Gasteiger partial charge in [0.15, 0.2) is 0 Å². The molecule has 0 spiro atoms. The zero-order chi connectivity index (χ0) is 14.7. The molecule has 0 aliphatic heterocycles. The molecule has 1 aromatic heterocycles. The number of methoxy groups -OCH3 is 1. The molecule has 1 aromatic carbocycles. The van der Waals surface area contributed by atoms with Gasteiger partial charge in [0.25, 0.3) is 0 Å². The Kier molecular flexibility index (Phi) is 4.77. The number of rotatable bonds is 4. The van der Waals surface area contributed by atoms with Crippen molar-refractivity contribution in [2.75, 3.05) is 7.11 Å². The lowest BCUT2D eigenvalue weighted by atomic mass is 10.0. The van der Waals surface area contributed by atoms with Crippen LogP contribution in [0.1, 0.15) is 17.3 Å². The molecule has 2 aromatic rings. The van der Waals surface area contributed by atoms with E-state index in [0.717, 1.165) is 0 Å². The molecule has 106 valence electrons. The van der Waals surface area contributed by atoms with E-state index in [-0.39, 0.29) is 0 Å². The highest BCUT2D eigenvalue weighted by Gasteiger charge is 2.21. The SMILES string of the molecule is COc1ccc(F)cc1C(NN)c1ncc(Cl)cc1Cl. The lowest BCUT2D eigenvalue weighted by Gasteiger charge is -2.19. The van der Waals surface area contributed by atoms with Gasteiger partial charge in [0.2, 0.25) is 0 Å². The number of halogens is 3. The van der Waals surface area contributed by atoms with Crippen molar-refractivity contribution in [3.63, 3.8) is 0 Å². The quantitative estimate of drug-likeness (QED) is 0.672. The van der Waals surface area contributed by atoms with Crippen molar-refractivity contribution in [1.82, 2.24) is 10.4 Å². The van der Waals surface area contributed by atoms with Crippen LogP contribution in [0, 0.1) is 5.82 Å². The molecule has 4 nitrogen and oxygen atoms in total. The number of nitrogens with zero attached hydrogens (tertiary/aromatic N) is 1. The fraction of sp³-hybridized carbons (Fsp3) is 0.154. The van der Waals surface area contributed by atoms with Gasteiger partial charge < -0.3 is 4.74 Å². The smallest absolute Gasteiger partial charge is 0.124 e. The third-order valence-electron chi connectivity index (χ3n) is 2.78. The molecule has 0 saturated carbocycles. The molecule has 2 rings (SSSR count). The Labute approximate surface area is 125 Å². The lowest BCUT2D eigenvalue weighted by molar-refractivity contribution is 0.402. The average Bonchev–Trinajstić information content (AvgIpc) is 2.42. The van der Waals surface area contributed by atoms with Gasteiger partial charge in [-0.15, -0.1) is 0 Å². The number of hydrogen-bond donors (Lipinski definition) is 2. The van der Waals surface area contributed by atoms with Gasteiger partial charge in [-0.3, -0.25) is 10.8 Å². The Balaban J connectivity index is 2.54. The van der Waals surface area contributed by atoms with E-state index in [1.807, 2.05) is 0 Å². The van der Waals surface area contributed by atoms with Gasteiger partial charge >= 0.3 is 0 Å². The summed E-state index contributed by atoms with van der Waals surface area (Å²) in [6.07, 6.45) is 1.44. The molecule has 0 amide bonds. The minimum Gasteiger partial charge on any atom is -0.496 e. The average molecular weight is 316 g/mol. The van der Waals surface area contributed by atoms with E-state index >= 15 is 0 Å². The molecule has 20 heavy (non-hydrogen) atoms. The van der Waals surface area contributed by atoms with Gasteiger partial charge in [-0.05, 0) is 24.3 Å². The third-order valence-corrected chi connectivity index (χ3v) is 3.29. The lowest BCUT2D eigenvalue weighted by Crippen LogP contribution is -2.30. The fourth-order valence-electron chi connectivity index (χ4n) is 1.88. The number of nitrogens with one attached hydrogen (secondary N) is 1. The Morgan fingerprint density at radius 2 is 2.10 bits per heavy atom. The molecule has 1 heterocycles. The number of nitrogens with two attached hydrogens (primary N) is 1. The van der Waals surface area contributed by atoms with Crippen molar-refractivity contribution in [3.05, 3.63) is 57.6 Å². The third kappa shape index (κ3) is 3.02. The Hall–Kier alpha value is -1.40. The predicted octanol–water partition coefficient (Wildman–Crippen LogP) is 3.09. The van der Waals surface area contributed by atoms with E-state index in [4.69, 9.17) is 33.8 Å². The summed E-state index contributed by atoms with van der Waals surface area (Å²) in [5, 5.41) is 0.729. The van der Waals surface area contributed by atoms with Gasteiger partial charge in [0, 0.05) is 11.8 Å². The number of aromatic nitrogens is 1. The number of benzene rings is 1. The van der Waals surface area contributed by atoms with Crippen LogP contribution in [0.25, 0.3) is 0 Å². The van der Waals surface area contributed by atoms with Gasteiger partial charge in [-0.2, -0.15) is 0 Å². The molecule has 0 aliphatic carbocycles. The molecule has 0 radical (unpaired) electrons. The summed E-state index contributed by atoms with van der Waals surface area (Å²) in [6.45, 7) is 0. The van der Waals surface area contributed by atoms with Crippen LogP contribution in [-0.2, 0) is 0 Å². The standard InChI is InChI=1S/C13H12Cl2FN3O/c1-20-11-3-2-8(16)5-9(11)12(19-17)13-10(15)4-7(14)6-18-13/h2-6,12,19H,17H2,1H3. The van der Waals surface area contributed by atoms with Crippen LogP contribution in [0.15, 0.2) is 30.5 Å². The second-order valence-electron chi connectivity index (χ2n) is 4.01. The van der Waals surface area contributed by atoms with Crippen LogP contribution in [0.3, 0.4) is 0 Å². The highest BCUT2D eigenvalue weighted by molar-refractivity contribution is 6.34. The van der Waals surface area contributed by atoms with Crippen LogP contribution >= 0.6 is 23.2 Å². The van der Waals surface area contributed by atoms with Crippen molar-refractivity contribution in [2.45, 2.75) is 6.04 Å². The number of ether oxygens (including phenoxy) is 1. The first kappa shape index (κ1) is 15.0. The minimum absolute atomic E-state index is 0.326. The van der Waals surface area contributed by atoms with Gasteiger partial charge in [-0.25, -0.2) is 9.82 Å². The number of pyridine rings is 1. The summed E-state index contributed by atoms with van der Waals surface area (Å²) in [7, 11) is 1.49. The molecule has 0 bridgehead atoms. The Bertz CT molecular complexity index is 625. The van der Waals surface area contributed by atoms with Crippen molar-refractivity contribution in [1.29, 1.82) is 0 Å². The minimum atomic E-state index is -0.620. The molecule has 0 fully saturated rings. The maximum atomic E-state index is 13.5. The van der Waals surface area contributed by atoms with E-state index in [1.54, 1.807) is 6.07 Å². The summed E-state index contributed by atoms with van der Waals surface area (Å²) in [6, 6.07) is 5.05. The summed E-state index contributed by atoms with van der Waals surface area (Å²) in [4.78, 5) is 4.15. The molecular weight excluding hydrogens is 304 g/mol. The summed E-state index contributed by atoms with van der Waals surface area (Å²) >= 11 is 11.9. The van der Waals surface area contributed by atoms with Crippen molar-refractivity contribution < 1.29 is 9.13 Å². The molecule has 0 saturated heterocycles. The van der Waals surface area contributed by atoms with E-state index in [2.05, 4.69) is 10.4 Å². The monoisotopic (exact) mass is 315 g/mol. The molecule has 7 heteroatoms. The molecule has 1 atom stereocenters. The maximum absolute atomic E-state index is 13.5. The maximum Gasteiger partial charge on any atom is 0.124 e. The summed E-state index contributed by atoms with van der Waals surface area (Å²) in [5.74, 6) is 5.62.